The predicted octanol–water partition coefficient (Wildman–Crippen LogP) is 2.37. The van der Waals surface area contributed by atoms with Crippen LogP contribution in [0.1, 0.15) is 31.2 Å². The van der Waals surface area contributed by atoms with Crippen LogP contribution in [0.25, 0.3) is 5.65 Å². The minimum atomic E-state index is -1.03. The number of nitrogens with one attached hydrogen (secondary N) is 1. The Hall–Kier alpha value is -3.42. The zero-order valence-corrected chi connectivity index (χ0v) is 16.5. The number of para-hydroxylation sites is 1. The molecule has 0 fully saturated rings. The lowest BCUT2D eigenvalue weighted by Crippen LogP contribution is -2.45. The molecule has 1 N–H and O–H groups in total. The van der Waals surface area contributed by atoms with Crippen molar-refractivity contribution >= 4 is 17.3 Å². The van der Waals surface area contributed by atoms with Gasteiger partial charge < -0.3 is 14.9 Å². The molecule has 1 aliphatic heterocycles. The van der Waals surface area contributed by atoms with Crippen molar-refractivity contribution in [3.8, 4) is 5.75 Å². The Balaban J connectivity index is 1.31. The van der Waals surface area contributed by atoms with E-state index in [-0.39, 0.29) is 5.91 Å². The monoisotopic (exact) mass is 393 g/mol. The Morgan fingerprint density at radius 3 is 2.93 bits per heavy atom. The molecular formula is C21H23N5O3. The number of rotatable bonds is 7. The molecule has 4 rings (SSSR count). The van der Waals surface area contributed by atoms with Crippen LogP contribution in [0.5, 0.6) is 5.75 Å². The second-order valence-corrected chi connectivity index (χ2v) is 7.14. The van der Waals surface area contributed by atoms with Gasteiger partial charge in [0.2, 0.25) is 5.60 Å². The normalized spacial score (nSPS) is 18.3. The summed E-state index contributed by atoms with van der Waals surface area (Å²) >= 11 is 0. The number of carbonyl (C=O) groups excluding carboxylic acids is 1. The van der Waals surface area contributed by atoms with Crippen molar-refractivity contribution in [1.82, 2.24) is 19.9 Å². The number of ether oxygens (including phenoxy) is 1. The summed E-state index contributed by atoms with van der Waals surface area (Å²) in [7, 11) is 1.61. The average Bonchev–Trinajstić information content (AvgIpc) is 3.35. The largest absolute Gasteiger partial charge is 0.496 e. The van der Waals surface area contributed by atoms with Gasteiger partial charge in [-0.05, 0) is 37.6 Å². The average molecular weight is 393 g/mol. The third-order valence-electron chi connectivity index (χ3n) is 5.01. The number of carbonyl (C=O) groups is 1. The van der Waals surface area contributed by atoms with Gasteiger partial charge in [0, 0.05) is 31.1 Å². The quantitative estimate of drug-likeness (QED) is 0.623. The van der Waals surface area contributed by atoms with Gasteiger partial charge in [0.15, 0.2) is 5.65 Å². The topological polar surface area (TPSA) is 90.1 Å². The van der Waals surface area contributed by atoms with E-state index in [1.54, 1.807) is 14.0 Å². The van der Waals surface area contributed by atoms with Crippen LogP contribution < -0.4 is 10.1 Å². The van der Waals surface area contributed by atoms with E-state index in [1.807, 2.05) is 53.1 Å². The number of nitrogens with zero attached hydrogens (tertiary/aromatic N) is 4. The number of methoxy groups -OCH3 is 1. The fourth-order valence-electron chi connectivity index (χ4n) is 3.39. The molecule has 29 heavy (non-hydrogen) atoms. The molecule has 3 aromatic rings. The standard InChI is InChI=1S/C21H23N5O3/c1-21(14-16(25-29-21)15-8-3-4-9-17(15)28-2)20(27)22-12-7-11-19-24-23-18-10-5-6-13-26(18)19/h3-6,8-10,13H,7,11-12,14H2,1-2H3,(H,22,27). The lowest BCUT2D eigenvalue weighted by atomic mass is 9.94. The minimum Gasteiger partial charge on any atom is -0.496 e. The maximum absolute atomic E-state index is 12.7. The summed E-state index contributed by atoms with van der Waals surface area (Å²) in [5, 5.41) is 15.4. The molecule has 0 saturated heterocycles. The van der Waals surface area contributed by atoms with E-state index < -0.39 is 5.60 Å². The van der Waals surface area contributed by atoms with Crippen LogP contribution in [0.15, 0.2) is 53.8 Å². The third kappa shape index (κ3) is 3.78. The number of oxime groups is 1. The summed E-state index contributed by atoms with van der Waals surface area (Å²) in [5.74, 6) is 1.40. The van der Waals surface area contributed by atoms with Crippen LogP contribution in [-0.4, -0.2) is 45.5 Å². The molecule has 1 amide bonds. The van der Waals surface area contributed by atoms with E-state index in [9.17, 15) is 4.79 Å². The lowest BCUT2D eigenvalue weighted by Gasteiger charge is -2.20. The SMILES string of the molecule is COc1ccccc1C1=NOC(C)(C(=O)NCCCc2nnc3ccccn23)C1. The number of hydrogen-bond donors (Lipinski definition) is 1. The first-order valence-electron chi connectivity index (χ1n) is 9.56. The van der Waals surface area contributed by atoms with Gasteiger partial charge in [-0.3, -0.25) is 9.20 Å². The first kappa shape index (κ1) is 18.9. The Bertz CT molecular complexity index is 1060. The molecule has 8 nitrogen and oxygen atoms in total. The third-order valence-corrected chi connectivity index (χ3v) is 5.01. The van der Waals surface area contributed by atoms with Crippen LogP contribution in [0, 0.1) is 0 Å². The molecule has 1 unspecified atom stereocenters. The van der Waals surface area contributed by atoms with Crippen molar-refractivity contribution in [1.29, 1.82) is 0 Å². The molecule has 0 aliphatic carbocycles. The highest BCUT2D eigenvalue weighted by molar-refractivity contribution is 6.07. The molecule has 1 aliphatic rings. The van der Waals surface area contributed by atoms with Crippen molar-refractivity contribution < 1.29 is 14.4 Å². The summed E-state index contributed by atoms with van der Waals surface area (Å²) in [6.07, 6.45) is 3.78. The van der Waals surface area contributed by atoms with Gasteiger partial charge in [-0.1, -0.05) is 23.4 Å². The molecule has 8 heteroatoms. The van der Waals surface area contributed by atoms with E-state index in [1.165, 1.54) is 0 Å². The van der Waals surface area contributed by atoms with Crippen molar-refractivity contribution in [2.75, 3.05) is 13.7 Å². The summed E-state index contributed by atoms with van der Waals surface area (Å²) in [5.41, 5.74) is 1.33. The lowest BCUT2D eigenvalue weighted by molar-refractivity contribution is -0.141. The maximum Gasteiger partial charge on any atom is 0.267 e. The van der Waals surface area contributed by atoms with E-state index in [2.05, 4.69) is 20.7 Å². The molecular weight excluding hydrogens is 370 g/mol. The number of aromatic nitrogens is 3. The van der Waals surface area contributed by atoms with Crippen molar-refractivity contribution in [2.45, 2.75) is 31.8 Å². The number of pyridine rings is 1. The van der Waals surface area contributed by atoms with Crippen molar-refractivity contribution in [3.63, 3.8) is 0 Å². The first-order chi connectivity index (χ1) is 14.1. The molecule has 150 valence electrons. The molecule has 1 aromatic carbocycles. The van der Waals surface area contributed by atoms with Crippen LogP contribution in [0.4, 0.5) is 0 Å². The van der Waals surface area contributed by atoms with Crippen molar-refractivity contribution in [3.05, 3.63) is 60.0 Å². The van der Waals surface area contributed by atoms with Gasteiger partial charge >= 0.3 is 0 Å². The van der Waals surface area contributed by atoms with E-state index in [4.69, 9.17) is 9.57 Å². The van der Waals surface area contributed by atoms with Gasteiger partial charge in [-0.25, -0.2) is 0 Å². The summed E-state index contributed by atoms with van der Waals surface area (Å²) in [6.45, 7) is 2.27. The van der Waals surface area contributed by atoms with E-state index in [0.29, 0.717) is 30.8 Å². The number of amides is 1. The number of aryl methyl sites for hydroxylation is 1. The van der Waals surface area contributed by atoms with Gasteiger partial charge in [-0.15, -0.1) is 10.2 Å². The molecule has 0 radical (unpaired) electrons. The van der Waals surface area contributed by atoms with Gasteiger partial charge in [0.05, 0.1) is 12.8 Å². The Kier molecular flexibility index (Phi) is 5.16. The fourth-order valence-corrected chi connectivity index (χ4v) is 3.39. The van der Waals surface area contributed by atoms with Crippen LogP contribution in [-0.2, 0) is 16.1 Å². The predicted molar refractivity (Wildman–Crippen MR) is 108 cm³/mol. The van der Waals surface area contributed by atoms with E-state index >= 15 is 0 Å². The molecule has 0 saturated carbocycles. The zero-order valence-electron chi connectivity index (χ0n) is 16.5. The van der Waals surface area contributed by atoms with Crippen molar-refractivity contribution in [2.24, 2.45) is 5.16 Å². The molecule has 3 heterocycles. The van der Waals surface area contributed by atoms with Gasteiger partial charge in [0.1, 0.15) is 11.6 Å². The summed E-state index contributed by atoms with van der Waals surface area (Å²) < 4.78 is 7.34. The molecule has 1 atom stereocenters. The molecule has 0 bridgehead atoms. The minimum absolute atomic E-state index is 0.183. The second kappa shape index (κ2) is 7.90. The van der Waals surface area contributed by atoms with Crippen LogP contribution in [0.3, 0.4) is 0 Å². The Morgan fingerprint density at radius 1 is 1.24 bits per heavy atom. The highest BCUT2D eigenvalue weighted by atomic mass is 16.7. The molecule has 0 spiro atoms. The van der Waals surface area contributed by atoms with Crippen LogP contribution in [0.2, 0.25) is 0 Å². The molecule has 2 aromatic heterocycles. The number of hydrogen-bond acceptors (Lipinski definition) is 6. The van der Waals surface area contributed by atoms with Gasteiger partial charge in [-0.2, -0.15) is 0 Å². The Morgan fingerprint density at radius 2 is 2.07 bits per heavy atom. The fraction of sp³-hybridized carbons (Fsp3) is 0.333. The second-order valence-electron chi connectivity index (χ2n) is 7.14. The summed E-state index contributed by atoms with van der Waals surface area (Å²) in [4.78, 5) is 18.2. The van der Waals surface area contributed by atoms with Gasteiger partial charge in [0.25, 0.3) is 5.91 Å². The highest BCUT2D eigenvalue weighted by Gasteiger charge is 2.42. The maximum atomic E-state index is 12.7. The van der Waals surface area contributed by atoms with Crippen LogP contribution >= 0.6 is 0 Å². The first-order valence-corrected chi connectivity index (χ1v) is 9.56. The number of fused-ring (bicyclic) bond motifs is 1. The highest BCUT2D eigenvalue weighted by Crippen LogP contribution is 2.30. The zero-order chi connectivity index (χ0) is 20.3. The van der Waals surface area contributed by atoms with E-state index in [0.717, 1.165) is 23.5 Å². The Labute approximate surface area is 168 Å². The summed E-state index contributed by atoms with van der Waals surface area (Å²) in [6, 6.07) is 13.4. The smallest absolute Gasteiger partial charge is 0.267 e. The number of benzene rings is 1.